The third kappa shape index (κ3) is 5.24. The van der Waals surface area contributed by atoms with Gasteiger partial charge in [-0.25, -0.2) is 0 Å². The Morgan fingerprint density at radius 2 is 1.10 bits per heavy atom. The van der Waals surface area contributed by atoms with Gasteiger partial charge in [-0.05, 0) is 206 Å². The van der Waals surface area contributed by atoms with Gasteiger partial charge in [0, 0.05) is 24.1 Å². The molecule has 0 saturated carbocycles. The minimum Gasteiger partial charge on any atom is -0.380 e. The molecule has 60 heavy (non-hydrogen) atoms. The van der Waals surface area contributed by atoms with Crippen LogP contribution < -0.4 is 5.32 Å². The average molecular weight is 774 g/mol. The maximum atomic E-state index is 3.84. The molecule has 7 aromatic rings. The van der Waals surface area contributed by atoms with E-state index in [1.807, 2.05) is 0 Å². The number of allylic oxidation sites excluding steroid dienone is 7. The van der Waals surface area contributed by atoms with Crippen molar-refractivity contribution >= 4 is 49.9 Å². The van der Waals surface area contributed by atoms with E-state index in [9.17, 15) is 0 Å². The molecule has 3 aliphatic carbocycles. The second-order valence-corrected chi connectivity index (χ2v) is 17.9. The van der Waals surface area contributed by atoms with Gasteiger partial charge in [-0.15, -0.1) is 0 Å². The molecule has 2 unspecified atom stereocenters. The molecule has 292 valence electrons. The summed E-state index contributed by atoms with van der Waals surface area (Å²) in [6.07, 6.45) is 10.00. The zero-order valence-electron chi connectivity index (χ0n) is 36.1. The van der Waals surface area contributed by atoms with Crippen molar-refractivity contribution in [3.8, 4) is 11.1 Å². The van der Waals surface area contributed by atoms with Crippen molar-refractivity contribution < 1.29 is 0 Å². The molecule has 0 radical (unpaired) electrons. The lowest BCUT2D eigenvalue weighted by Crippen LogP contribution is -2.27. The van der Waals surface area contributed by atoms with Gasteiger partial charge in [0.25, 0.3) is 0 Å². The lowest BCUT2D eigenvalue weighted by Gasteiger charge is -2.40. The second kappa shape index (κ2) is 13.5. The maximum Gasteiger partial charge on any atom is 0.0419 e. The molecule has 1 aliphatic heterocycles. The zero-order valence-corrected chi connectivity index (χ0v) is 36.1. The van der Waals surface area contributed by atoms with Crippen molar-refractivity contribution in [3.05, 3.63) is 217 Å². The van der Waals surface area contributed by atoms with E-state index < -0.39 is 0 Å². The van der Waals surface area contributed by atoms with Crippen LogP contribution in [0.5, 0.6) is 0 Å². The number of aryl methyl sites for hydroxylation is 4. The fourth-order valence-electron chi connectivity index (χ4n) is 11.3. The van der Waals surface area contributed by atoms with Gasteiger partial charge in [-0.1, -0.05) is 121 Å². The van der Waals surface area contributed by atoms with Gasteiger partial charge < -0.3 is 5.32 Å². The predicted molar refractivity (Wildman–Crippen MR) is 257 cm³/mol. The molecular formula is C59H51N. The van der Waals surface area contributed by atoms with Gasteiger partial charge >= 0.3 is 0 Å². The highest BCUT2D eigenvalue weighted by Gasteiger charge is 2.44. The lowest BCUT2D eigenvalue weighted by atomic mass is 9.63. The molecule has 7 aromatic carbocycles. The minimum atomic E-state index is 0.101. The number of nitrogens with one attached hydrogen (secondary N) is 1. The van der Waals surface area contributed by atoms with Crippen LogP contribution in [0.2, 0.25) is 0 Å². The predicted octanol–water partition coefficient (Wildman–Crippen LogP) is 14.8. The van der Waals surface area contributed by atoms with Crippen LogP contribution in [0.4, 0.5) is 0 Å². The highest BCUT2D eigenvalue weighted by molar-refractivity contribution is 6.37. The quantitative estimate of drug-likeness (QED) is 0.176. The zero-order chi connectivity index (χ0) is 41.1. The van der Waals surface area contributed by atoms with E-state index in [1.165, 1.54) is 144 Å². The van der Waals surface area contributed by atoms with E-state index in [2.05, 4.69) is 194 Å². The molecule has 0 amide bonds. The van der Waals surface area contributed by atoms with E-state index in [4.69, 9.17) is 0 Å². The van der Waals surface area contributed by atoms with E-state index in [1.54, 1.807) is 0 Å². The van der Waals surface area contributed by atoms with Crippen LogP contribution >= 0.6 is 0 Å². The minimum absolute atomic E-state index is 0.101. The molecule has 1 N–H and O–H groups in total. The molecule has 0 fully saturated rings. The van der Waals surface area contributed by atoms with Gasteiger partial charge in [-0.2, -0.15) is 0 Å². The highest BCUT2D eigenvalue weighted by Crippen LogP contribution is 2.63. The summed E-state index contributed by atoms with van der Waals surface area (Å²) in [5, 5.41) is 9.18. The van der Waals surface area contributed by atoms with Crippen molar-refractivity contribution in [1.29, 1.82) is 0 Å². The Hall–Kier alpha value is -6.44. The third-order valence-electron chi connectivity index (χ3n) is 14.7. The molecule has 1 heterocycles. The molecule has 0 bridgehead atoms. The number of fused-ring (bicyclic) bond motifs is 7. The average Bonchev–Trinajstić information content (AvgIpc) is 3.59. The fourth-order valence-corrected chi connectivity index (χ4v) is 11.3. The first-order chi connectivity index (χ1) is 29.1. The van der Waals surface area contributed by atoms with E-state index in [-0.39, 0.29) is 11.8 Å². The van der Waals surface area contributed by atoms with Crippen molar-refractivity contribution in [3.63, 3.8) is 0 Å². The molecule has 1 heteroatoms. The summed E-state index contributed by atoms with van der Waals surface area (Å²) in [5.74, 6) is 0.228. The van der Waals surface area contributed by atoms with Crippen LogP contribution in [0.15, 0.2) is 139 Å². The van der Waals surface area contributed by atoms with Crippen LogP contribution in [0, 0.1) is 67.2 Å². The summed E-state index contributed by atoms with van der Waals surface area (Å²) in [5.41, 5.74) is 29.9. The fraction of sp³-hybridized carbons (Fsp3) is 0.186. The topological polar surface area (TPSA) is 12.0 Å². The summed E-state index contributed by atoms with van der Waals surface area (Å²) in [4.78, 5) is 0. The number of rotatable bonds is 4. The maximum absolute atomic E-state index is 3.84. The Kier molecular flexibility index (Phi) is 8.27. The first-order valence-corrected chi connectivity index (χ1v) is 21.7. The smallest absolute Gasteiger partial charge is 0.0419 e. The molecule has 0 saturated heterocycles. The molecule has 0 aromatic heterocycles. The number of hydrogen-bond acceptors (Lipinski definition) is 1. The Balaban J connectivity index is 1.34. The standard InChI is InChI=1S/C59H51N/c1-32-26-33(2)37(6)52(36(32)5)56-47-23-22-43(51-30-41-18-12-13-20-44(41)31-60-51)29-49(47)58(53-38(7)34(3)27-35(4)39(53)8)57-48-25-24-46(40-16-10-9-11-17-40)54-45-21-15-14-19-42(45)28-50(55(48)54)59(56)57/h9-30,47,49,60H,31H2,1-8H3. The first-order valence-electron chi connectivity index (χ1n) is 21.7. The number of hydrogen-bond donors (Lipinski definition) is 1. The summed E-state index contributed by atoms with van der Waals surface area (Å²) in [7, 11) is 0. The first kappa shape index (κ1) is 36.6. The summed E-state index contributed by atoms with van der Waals surface area (Å²) in [6, 6.07) is 41.1. The molecule has 0 spiro atoms. The molecule has 11 rings (SSSR count). The van der Waals surface area contributed by atoms with Crippen molar-refractivity contribution in [1.82, 2.24) is 5.32 Å². The Labute approximate surface area is 355 Å². The van der Waals surface area contributed by atoms with Gasteiger partial charge in [0.05, 0.1) is 0 Å². The van der Waals surface area contributed by atoms with Crippen LogP contribution in [0.3, 0.4) is 0 Å². The largest absolute Gasteiger partial charge is 0.380 e. The van der Waals surface area contributed by atoms with E-state index in [0.717, 1.165) is 6.54 Å². The Morgan fingerprint density at radius 1 is 0.517 bits per heavy atom. The normalized spacial score (nSPS) is 17.7. The van der Waals surface area contributed by atoms with Gasteiger partial charge in [0.2, 0.25) is 0 Å². The lowest BCUT2D eigenvalue weighted by molar-refractivity contribution is 0.687. The summed E-state index contributed by atoms with van der Waals surface area (Å²) >= 11 is 0. The van der Waals surface area contributed by atoms with E-state index >= 15 is 0 Å². The Bertz CT molecular complexity index is 3160. The van der Waals surface area contributed by atoms with Crippen LogP contribution in [-0.4, -0.2) is 0 Å². The van der Waals surface area contributed by atoms with Gasteiger partial charge in [0.15, 0.2) is 0 Å². The van der Waals surface area contributed by atoms with Crippen molar-refractivity contribution in [2.45, 2.75) is 61.9 Å². The molecule has 4 aliphatic rings. The van der Waals surface area contributed by atoms with Crippen molar-refractivity contribution in [2.75, 3.05) is 0 Å². The van der Waals surface area contributed by atoms with Crippen LogP contribution in [0.25, 0.3) is 61.0 Å². The number of benzene rings is 7. The Morgan fingerprint density at radius 3 is 1.80 bits per heavy atom. The second-order valence-electron chi connectivity index (χ2n) is 17.9. The van der Waals surface area contributed by atoms with Gasteiger partial charge in [-0.3, -0.25) is 0 Å². The van der Waals surface area contributed by atoms with Gasteiger partial charge in [0.1, 0.15) is 0 Å². The SMILES string of the molecule is Cc1cc(C)c(C)c(C2=C3C(=C(c4c(C)c(C)cc(C)c4C)C4C=CC(C5=Cc6ccccc6CN5)=CC24)c2cc4ccccc4c4c(-c5ccccc5)ccc3c24)c1C. The highest BCUT2D eigenvalue weighted by atomic mass is 14.9. The molecule has 2 atom stereocenters. The van der Waals surface area contributed by atoms with Crippen molar-refractivity contribution in [2.24, 2.45) is 11.8 Å². The summed E-state index contributed by atoms with van der Waals surface area (Å²) < 4.78 is 0. The third-order valence-corrected chi connectivity index (χ3v) is 14.7. The van der Waals surface area contributed by atoms with E-state index in [0.29, 0.717) is 0 Å². The monoisotopic (exact) mass is 773 g/mol. The molecule has 1 nitrogen and oxygen atoms in total. The van der Waals surface area contributed by atoms with Crippen LogP contribution in [-0.2, 0) is 6.54 Å². The summed E-state index contributed by atoms with van der Waals surface area (Å²) in [6.45, 7) is 19.5. The van der Waals surface area contributed by atoms with Crippen LogP contribution in [0.1, 0.15) is 77.9 Å². The molecular weight excluding hydrogens is 723 g/mol.